The summed E-state index contributed by atoms with van der Waals surface area (Å²) in [7, 11) is 2.01. The summed E-state index contributed by atoms with van der Waals surface area (Å²) in [5, 5.41) is 3.17. The van der Waals surface area contributed by atoms with Crippen LogP contribution in [0.1, 0.15) is 25.7 Å². The third-order valence-electron chi connectivity index (χ3n) is 2.19. The molecule has 0 radical (unpaired) electrons. The van der Waals surface area contributed by atoms with E-state index in [1.807, 2.05) is 7.05 Å². The second-order valence-corrected chi connectivity index (χ2v) is 3.37. The lowest BCUT2D eigenvalue weighted by atomic mass is 10.1. The van der Waals surface area contributed by atoms with Crippen molar-refractivity contribution in [3.05, 3.63) is 36.0 Å². The van der Waals surface area contributed by atoms with E-state index in [1.54, 1.807) is 0 Å². The molecule has 13 heavy (non-hydrogen) atoms. The van der Waals surface area contributed by atoms with Gasteiger partial charge in [-0.05, 0) is 44.8 Å². The topological polar surface area (TPSA) is 12.0 Å². The highest BCUT2D eigenvalue weighted by Crippen LogP contribution is 2.11. The lowest BCUT2D eigenvalue weighted by Crippen LogP contribution is -2.06. The smallest absolute Gasteiger partial charge is 0.00518 e. The average molecular weight is 177 g/mol. The van der Waals surface area contributed by atoms with E-state index in [0.717, 1.165) is 13.0 Å². The molecule has 1 heteroatoms. The van der Waals surface area contributed by atoms with Crippen LogP contribution in [-0.2, 0) is 0 Å². The fraction of sp³-hybridized carbons (Fsp3) is 0.500. The van der Waals surface area contributed by atoms with Crippen LogP contribution < -0.4 is 5.32 Å². The van der Waals surface area contributed by atoms with Gasteiger partial charge in [0.2, 0.25) is 0 Å². The Morgan fingerprint density at radius 1 is 1.31 bits per heavy atom. The van der Waals surface area contributed by atoms with E-state index in [2.05, 4.69) is 35.7 Å². The highest BCUT2D eigenvalue weighted by atomic mass is 14.8. The molecule has 0 saturated carbocycles. The fourth-order valence-corrected chi connectivity index (χ4v) is 1.42. The van der Waals surface area contributed by atoms with Crippen molar-refractivity contribution in [3.8, 4) is 0 Å². The van der Waals surface area contributed by atoms with Crippen molar-refractivity contribution in [1.82, 2.24) is 5.32 Å². The van der Waals surface area contributed by atoms with Gasteiger partial charge in [-0.15, -0.1) is 0 Å². The first-order valence-corrected chi connectivity index (χ1v) is 5.10. The lowest BCUT2D eigenvalue weighted by Gasteiger charge is -2.00. The van der Waals surface area contributed by atoms with Crippen LogP contribution in [0.3, 0.4) is 0 Å². The standard InChI is InChI=1S/C12H19N/c1-13-11-7-6-10-12-8-4-2-3-5-9-12/h2,4-5,8-9,13H,3,6-7,10-11H2,1H3. The summed E-state index contributed by atoms with van der Waals surface area (Å²) in [6.07, 6.45) is 15.9. The van der Waals surface area contributed by atoms with Gasteiger partial charge in [0.15, 0.2) is 0 Å². The van der Waals surface area contributed by atoms with Gasteiger partial charge in [0.25, 0.3) is 0 Å². The molecule has 0 amide bonds. The van der Waals surface area contributed by atoms with E-state index in [0.29, 0.717) is 0 Å². The highest BCUT2D eigenvalue weighted by molar-refractivity contribution is 5.27. The molecule has 0 bridgehead atoms. The molecule has 0 unspecified atom stereocenters. The normalized spacial score (nSPS) is 15.6. The summed E-state index contributed by atoms with van der Waals surface area (Å²) in [5.74, 6) is 0. The van der Waals surface area contributed by atoms with E-state index in [-0.39, 0.29) is 0 Å². The summed E-state index contributed by atoms with van der Waals surface area (Å²) in [6.45, 7) is 1.13. The van der Waals surface area contributed by atoms with Crippen LogP contribution in [-0.4, -0.2) is 13.6 Å². The minimum absolute atomic E-state index is 1.08. The maximum absolute atomic E-state index is 3.17. The van der Waals surface area contributed by atoms with Crippen molar-refractivity contribution in [2.45, 2.75) is 25.7 Å². The molecule has 0 heterocycles. The van der Waals surface area contributed by atoms with Crippen LogP contribution in [0.5, 0.6) is 0 Å². The predicted molar refractivity (Wildman–Crippen MR) is 58.8 cm³/mol. The van der Waals surface area contributed by atoms with Gasteiger partial charge in [-0.2, -0.15) is 0 Å². The van der Waals surface area contributed by atoms with E-state index >= 15 is 0 Å². The summed E-state index contributed by atoms with van der Waals surface area (Å²) in [5.41, 5.74) is 1.46. The minimum Gasteiger partial charge on any atom is -0.320 e. The van der Waals surface area contributed by atoms with E-state index in [4.69, 9.17) is 0 Å². The molecular weight excluding hydrogens is 158 g/mol. The molecule has 0 aliphatic heterocycles. The second kappa shape index (κ2) is 6.67. The number of nitrogens with one attached hydrogen (secondary N) is 1. The van der Waals surface area contributed by atoms with E-state index < -0.39 is 0 Å². The number of unbranched alkanes of at least 4 members (excludes halogenated alkanes) is 1. The maximum Gasteiger partial charge on any atom is -0.00518 e. The van der Waals surface area contributed by atoms with Gasteiger partial charge in [-0.1, -0.05) is 30.4 Å². The quantitative estimate of drug-likeness (QED) is 0.637. The Balaban J connectivity index is 2.19. The molecule has 0 spiro atoms. The fourth-order valence-electron chi connectivity index (χ4n) is 1.42. The molecule has 1 aliphatic carbocycles. The van der Waals surface area contributed by atoms with Gasteiger partial charge in [0, 0.05) is 0 Å². The highest BCUT2D eigenvalue weighted by Gasteiger charge is 1.93. The SMILES string of the molecule is CNCCCCC1=CC=CCC=C1. The summed E-state index contributed by atoms with van der Waals surface area (Å²) >= 11 is 0. The summed E-state index contributed by atoms with van der Waals surface area (Å²) in [4.78, 5) is 0. The lowest BCUT2D eigenvalue weighted by molar-refractivity contribution is 0.678. The molecule has 0 saturated heterocycles. The number of hydrogen-bond donors (Lipinski definition) is 1. The predicted octanol–water partition coefficient (Wildman–Crippen LogP) is 2.82. The summed E-state index contributed by atoms with van der Waals surface area (Å²) in [6, 6.07) is 0. The Bertz CT molecular complexity index is 211. The van der Waals surface area contributed by atoms with Gasteiger partial charge < -0.3 is 5.32 Å². The van der Waals surface area contributed by atoms with Crippen molar-refractivity contribution in [2.75, 3.05) is 13.6 Å². The van der Waals surface area contributed by atoms with Crippen molar-refractivity contribution in [3.63, 3.8) is 0 Å². The van der Waals surface area contributed by atoms with Crippen LogP contribution in [0.15, 0.2) is 36.0 Å². The van der Waals surface area contributed by atoms with Crippen LogP contribution in [0.2, 0.25) is 0 Å². The first kappa shape index (κ1) is 10.3. The van der Waals surface area contributed by atoms with Crippen molar-refractivity contribution in [1.29, 1.82) is 0 Å². The van der Waals surface area contributed by atoms with Gasteiger partial charge in [0.1, 0.15) is 0 Å². The van der Waals surface area contributed by atoms with E-state index in [9.17, 15) is 0 Å². The largest absolute Gasteiger partial charge is 0.320 e. The summed E-state index contributed by atoms with van der Waals surface area (Å²) < 4.78 is 0. The Labute approximate surface area is 81.2 Å². The zero-order chi connectivity index (χ0) is 9.36. The molecule has 1 rings (SSSR count). The molecule has 0 fully saturated rings. The molecule has 0 aromatic rings. The van der Waals surface area contributed by atoms with Crippen LogP contribution in [0.25, 0.3) is 0 Å². The molecule has 0 aromatic carbocycles. The molecule has 1 N–H and O–H groups in total. The second-order valence-electron chi connectivity index (χ2n) is 3.37. The van der Waals surface area contributed by atoms with Gasteiger partial charge >= 0.3 is 0 Å². The minimum atomic E-state index is 1.08. The van der Waals surface area contributed by atoms with Crippen LogP contribution >= 0.6 is 0 Å². The first-order chi connectivity index (χ1) is 6.43. The zero-order valence-corrected chi connectivity index (χ0v) is 8.42. The van der Waals surface area contributed by atoms with Crippen molar-refractivity contribution in [2.24, 2.45) is 0 Å². The number of rotatable bonds is 5. The Morgan fingerprint density at radius 2 is 2.23 bits per heavy atom. The molecular formula is C12H19N. The molecule has 1 nitrogen and oxygen atoms in total. The Kier molecular flexibility index (Phi) is 5.27. The third-order valence-corrected chi connectivity index (χ3v) is 2.19. The molecule has 0 atom stereocenters. The van der Waals surface area contributed by atoms with Crippen LogP contribution in [0, 0.1) is 0 Å². The molecule has 1 aliphatic rings. The zero-order valence-electron chi connectivity index (χ0n) is 8.42. The van der Waals surface area contributed by atoms with Gasteiger partial charge in [-0.3, -0.25) is 0 Å². The first-order valence-electron chi connectivity index (χ1n) is 5.10. The number of allylic oxidation sites excluding steroid dienone is 6. The van der Waals surface area contributed by atoms with Gasteiger partial charge in [0.05, 0.1) is 0 Å². The average Bonchev–Trinajstić information content (AvgIpc) is 2.41. The van der Waals surface area contributed by atoms with Crippen molar-refractivity contribution >= 4 is 0 Å². The van der Waals surface area contributed by atoms with Crippen molar-refractivity contribution < 1.29 is 0 Å². The third kappa shape index (κ3) is 4.69. The maximum atomic E-state index is 3.17. The van der Waals surface area contributed by atoms with Crippen LogP contribution in [0.4, 0.5) is 0 Å². The Morgan fingerprint density at radius 3 is 3.08 bits per heavy atom. The monoisotopic (exact) mass is 177 g/mol. The molecule has 0 aromatic heterocycles. The number of hydrogen-bond acceptors (Lipinski definition) is 1. The Hall–Kier alpha value is -0.820. The van der Waals surface area contributed by atoms with Gasteiger partial charge in [-0.25, -0.2) is 0 Å². The molecule has 72 valence electrons. The van der Waals surface area contributed by atoms with E-state index in [1.165, 1.54) is 24.8 Å².